The third-order valence-electron chi connectivity index (χ3n) is 4.49. The smallest absolute Gasteiger partial charge is 0.414 e. The van der Waals surface area contributed by atoms with Crippen molar-refractivity contribution in [2.75, 3.05) is 18.1 Å². The third kappa shape index (κ3) is 3.19. The van der Waals surface area contributed by atoms with Crippen molar-refractivity contribution in [3.8, 4) is 0 Å². The number of benzene rings is 1. The van der Waals surface area contributed by atoms with Crippen LogP contribution in [-0.2, 0) is 16.1 Å². The number of hydrogen-bond donors (Lipinski definition) is 0. The van der Waals surface area contributed by atoms with Crippen LogP contribution in [0.2, 0.25) is 0 Å². The van der Waals surface area contributed by atoms with Crippen LogP contribution in [0.3, 0.4) is 0 Å². The Morgan fingerprint density at radius 3 is 2.91 bits per heavy atom. The predicted octanol–water partition coefficient (Wildman–Crippen LogP) is 3.10. The van der Waals surface area contributed by atoms with Crippen molar-refractivity contribution in [3.05, 3.63) is 29.3 Å². The molecule has 1 unspecified atom stereocenters. The number of hydrogen-bond acceptors (Lipinski definition) is 3. The fourth-order valence-electron chi connectivity index (χ4n) is 3.28. The van der Waals surface area contributed by atoms with Gasteiger partial charge in [0.05, 0.1) is 11.7 Å². The topological polar surface area (TPSA) is 49.9 Å². The van der Waals surface area contributed by atoms with Crippen LogP contribution in [0.15, 0.2) is 18.2 Å². The van der Waals surface area contributed by atoms with E-state index < -0.39 is 0 Å². The standard InChI is InChI=1S/C18H24N2O3/c1-12(2)8-17(21)19-7-6-15-11-23-18(22)20(15)16-9-13(3)4-5-14(16)10-19/h4-5,9,12,15H,6-8,10-11H2,1-3H3. The molecule has 0 radical (unpaired) electrons. The van der Waals surface area contributed by atoms with Crippen molar-refractivity contribution in [3.63, 3.8) is 0 Å². The minimum Gasteiger partial charge on any atom is -0.447 e. The largest absolute Gasteiger partial charge is 0.447 e. The summed E-state index contributed by atoms with van der Waals surface area (Å²) in [7, 11) is 0. The first-order valence-corrected chi connectivity index (χ1v) is 8.29. The molecule has 124 valence electrons. The molecule has 1 saturated heterocycles. The van der Waals surface area contributed by atoms with E-state index in [9.17, 15) is 9.59 Å². The Hall–Kier alpha value is -2.04. The summed E-state index contributed by atoms with van der Waals surface area (Å²) in [6, 6.07) is 6.08. The number of carbonyl (C=O) groups excluding carboxylic acids is 2. The van der Waals surface area contributed by atoms with E-state index in [2.05, 4.69) is 13.8 Å². The van der Waals surface area contributed by atoms with E-state index in [1.165, 1.54) is 0 Å². The minimum atomic E-state index is -0.274. The lowest BCUT2D eigenvalue weighted by molar-refractivity contribution is -0.132. The normalized spacial score (nSPS) is 20.7. The van der Waals surface area contributed by atoms with E-state index in [0.717, 1.165) is 23.2 Å². The van der Waals surface area contributed by atoms with Gasteiger partial charge in [-0.3, -0.25) is 9.69 Å². The number of rotatable bonds is 2. The molecule has 3 rings (SSSR count). The third-order valence-corrected chi connectivity index (χ3v) is 4.49. The molecular formula is C18H24N2O3. The number of nitrogens with zero attached hydrogens (tertiary/aromatic N) is 2. The monoisotopic (exact) mass is 316 g/mol. The van der Waals surface area contributed by atoms with Crippen LogP contribution in [0.5, 0.6) is 0 Å². The van der Waals surface area contributed by atoms with Gasteiger partial charge in [-0.2, -0.15) is 0 Å². The van der Waals surface area contributed by atoms with Gasteiger partial charge in [0.1, 0.15) is 6.61 Å². The Kier molecular flexibility index (Phi) is 4.28. The van der Waals surface area contributed by atoms with E-state index >= 15 is 0 Å². The zero-order chi connectivity index (χ0) is 16.6. The first-order valence-electron chi connectivity index (χ1n) is 8.29. The Bertz CT molecular complexity index is 627. The second-order valence-corrected chi connectivity index (χ2v) is 6.93. The van der Waals surface area contributed by atoms with Crippen molar-refractivity contribution in [2.24, 2.45) is 5.92 Å². The molecule has 2 heterocycles. The van der Waals surface area contributed by atoms with Crippen molar-refractivity contribution >= 4 is 17.7 Å². The molecule has 0 saturated carbocycles. The Balaban J connectivity index is 1.95. The fraction of sp³-hybridized carbons (Fsp3) is 0.556. The summed E-state index contributed by atoms with van der Waals surface area (Å²) in [5.74, 6) is 0.531. The highest BCUT2D eigenvalue weighted by atomic mass is 16.6. The van der Waals surface area contributed by atoms with Crippen LogP contribution in [-0.4, -0.2) is 36.1 Å². The van der Waals surface area contributed by atoms with Crippen molar-refractivity contribution in [1.29, 1.82) is 0 Å². The molecule has 0 N–H and O–H groups in total. The van der Waals surface area contributed by atoms with Crippen molar-refractivity contribution < 1.29 is 14.3 Å². The van der Waals surface area contributed by atoms with Gasteiger partial charge in [0.15, 0.2) is 0 Å². The summed E-state index contributed by atoms with van der Waals surface area (Å²) >= 11 is 0. The van der Waals surface area contributed by atoms with E-state index in [4.69, 9.17) is 4.74 Å². The second kappa shape index (κ2) is 6.22. The Morgan fingerprint density at radius 2 is 2.17 bits per heavy atom. The lowest BCUT2D eigenvalue weighted by atomic mass is 10.0. The van der Waals surface area contributed by atoms with Crippen LogP contribution < -0.4 is 4.90 Å². The number of cyclic esters (lactones) is 1. The highest BCUT2D eigenvalue weighted by Crippen LogP contribution is 2.32. The van der Waals surface area contributed by atoms with Crippen LogP contribution >= 0.6 is 0 Å². The number of aryl methyl sites for hydroxylation is 1. The number of carbonyl (C=O) groups is 2. The van der Waals surface area contributed by atoms with Gasteiger partial charge in [-0.15, -0.1) is 0 Å². The molecule has 1 aromatic carbocycles. The summed E-state index contributed by atoms with van der Waals surface area (Å²) in [5.41, 5.74) is 3.00. The molecule has 0 bridgehead atoms. The molecule has 23 heavy (non-hydrogen) atoms. The van der Waals surface area contributed by atoms with Crippen molar-refractivity contribution in [1.82, 2.24) is 4.90 Å². The van der Waals surface area contributed by atoms with Gasteiger partial charge in [-0.25, -0.2) is 4.79 Å². The van der Waals surface area contributed by atoms with E-state index in [1.54, 1.807) is 4.90 Å². The summed E-state index contributed by atoms with van der Waals surface area (Å²) in [4.78, 5) is 28.3. The highest BCUT2D eigenvalue weighted by Gasteiger charge is 2.37. The van der Waals surface area contributed by atoms with Gasteiger partial charge >= 0.3 is 6.09 Å². The van der Waals surface area contributed by atoms with Gasteiger partial charge in [-0.1, -0.05) is 26.0 Å². The van der Waals surface area contributed by atoms with Gasteiger partial charge in [0, 0.05) is 19.5 Å². The maximum atomic E-state index is 12.5. The van der Waals surface area contributed by atoms with Gasteiger partial charge in [-0.05, 0) is 36.5 Å². The zero-order valence-corrected chi connectivity index (χ0v) is 14.0. The SMILES string of the molecule is Cc1ccc2c(c1)N1C(=O)OCC1CCN(C(=O)CC(C)C)C2. The fourth-order valence-corrected chi connectivity index (χ4v) is 3.28. The molecule has 1 fully saturated rings. The van der Waals surface area contributed by atoms with E-state index in [1.807, 2.05) is 30.0 Å². The summed E-state index contributed by atoms with van der Waals surface area (Å²) in [6.45, 7) is 7.75. The molecule has 1 aromatic rings. The molecule has 5 nitrogen and oxygen atoms in total. The van der Waals surface area contributed by atoms with Crippen LogP contribution in [0.4, 0.5) is 10.5 Å². The maximum absolute atomic E-state index is 12.5. The molecule has 1 atom stereocenters. The highest BCUT2D eigenvalue weighted by molar-refractivity contribution is 5.91. The predicted molar refractivity (Wildman–Crippen MR) is 88.3 cm³/mol. The lowest BCUT2D eigenvalue weighted by Crippen LogP contribution is -2.42. The molecule has 2 amide bonds. The number of fused-ring (bicyclic) bond motifs is 3. The van der Waals surface area contributed by atoms with Crippen LogP contribution in [0.25, 0.3) is 0 Å². The van der Waals surface area contributed by atoms with Gasteiger partial charge in [0.25, 0.3) is 0 Å². The molecule has 5 heteroatoms. The quantitative estimate of drug-likeness (QED) is 0.842. The second-order valence-electron chi connectivity index (χ2n) is 6.93. The Labute approximate surface area is 137 Å². The van der Waals surface area contributed by atoms with Crippen LogP contribution in [0, 0.1) is 12.8 Å². The first kappa shape index (κ1) is 15.8. The summed E-state index contributed by atoms with van der Waals surface area (Å²) in [5, 5.41) is 0. The van der Waals surface area contributed by atoms with Gasteiger partial charge in [0.2, 0.25) is 5.91 Å². The summed E-state index contributed by atoms with van der Waals surface area (Å²) < 4.78 is 5.25. The number of ether oxygens (including phenoxy) is 1. The minimum absolute atomic E-state index is 0.0118. The molecule has 0 spiro atoms. The molecule has 2 aliphatic rings. The van der Waals surface area contributed by atoms with Crippen LogP contribution in [0.1, 0.15) is 37.8 Å². The first-order chi connectivity index (χ1) is 11.0. The molecular weight excluding hydrogens is 292 g/mol. The Morgan fingerprint density at radius 1 is 1.39 bits per heavy atom. The molecule has 0 aliphatic carbocycles. The molecule has 0 aromatic heterocycles. The lowest BCUT2D eigenvalue weighted by Gasteiger charge is -2.33. The van der Waals surface area contributed by atoms with Crippen molar-refractivity contribution in [2.45, 2.75) is 46.2 Å². The number of anilines is 1. The average molecular weight is 316 g/mol. The average Bonchev–Trinajstić information content (AvgIpc) is 2.82. The number of amides is 2. The zero-order valence-electron chi connectivity index (χ0n) is 14.0. The van der Waals surface area contributed by atoms with E-state index in [-0.39, 0.29) is 18.0 Å². The summed E-state index contributed by atoms with van der Waals surface area (Å²) in [6.07, 6.45) is 1.04. The van der Waals surface area contributed by atoms with E-state index in [0.29, 0.717) is 32.0 Å². The van der Waals surface area contributed by atoms with Gasteiger partial charge < -0.3 is 9.64 Å². The molecule has 2 aliphatic heterocycles. The maximum Gasteiger partial charge on any atom is 0.414 e.